The zero-order valence-corrected chi connectivity index (χ0v) is 19.3. The van der Waals surface area contributed by atoms with Crippen molar-refractivity contribution in [2.24, 2.45) is 0 Å². The van der Waals surface area contributed by atoms with Crippen molar-refractivity contribution >= 4 is 17.8 Å². The fraction of sp³-hybridized carbons (Fsp3) is 0.346. The number of carbonyl (C=O) groups is 3. The van der Waals surface area contributed by atoms with Crippen LogP contribution in [0.25, 0.3) is 0 Å². The molecule has 0 spiro atoms. The first kappa shape index (κ1) is 24.0. The van der Waals surface area contributed by atoms with E-state index in [0.717, 1.165) is 16.0 Å². The maximum Gasteiger partial charge on any atom is 0.338 e. The lowest BCUT2D eigenvalue weighted by molar-refractivity contribution is -0.150. The molecule has 0 bridgehead atoms. The molecule has 7 nitrogen and oxygen atoms in total. The van der Waals surface area contributed by atoms with Gasteiger partial charge in [-0.3, -0.25) is 9.59 Å². The van der Waals surface area contributed by atoms with Crippen LogP contribution >= 0.6 is 0 Å². The maximum absolute atomic E-state index is 12.8. The van der Waals surface area contributed by atoms with E-state index in [-0.39, 0.29) is 0 Å². The van der Waals surface area contributed by atoms with E-state index in [9.17, 15) is 14.4 Å². The van der Waals surface area contributed by atoms with Crippen molar-refractivity contribution in [3.05, 3.63) is 70.8 Å². The fourth-order valence-electron chi connectivity index (χ4n) is 3.41. The van der Waals surface area contributed by atoms with Crippen LogP contribution < -0.4 is 10.6 Å². The standard InChI is InChI=1S/C26H29N3O4/c1-17(28-22-15-16-22)20-11-7-18(8-12-20)5-6-19-9-13-21(14-10-19)25(31)29(3)23(24(30)27-2)26(32)33-4/h7-14,17,22-23,28H,15-16H2,1-4H3,(H,27,30). The van der Waals surface area contributed by atoms with Crippen molar-refractivity contribution in [1.82, 2.24) is 15.5 Å². The minimum Gasteiger partial charge on any atom is -0.467 e. The van der Waals surface area contributed by atoms with Gasteiger partial charge >= 0.3 is 5.97 Å². The van der Waals surface area contributed by atoms with Gasteiger partial charge in [0.2, 0.25) is 6.04 Å². The number of nitrogens with zero attached hydrogens (tertiary/aromatic N) is 1. The summed E-state index contributed by atoms with van der Waals surface area (Å²) in [7, 11) is 3.95. The Balaban J connectivity index is 1.66. The number of benzene rings is 2. The molecule has 0 aliphatic heterocycles. The summed E-state index contributed by atoms with van der Waals surface area (Å²) >= 11 is 0. The molecule has 0 heterocycles. The van der Waals surface area contributed by atoms with Gasteiger partial charge in [-0.2, -0.15) is 0 Å². The molecule has 1 saturated carbocycles. The van der Waals surface area contributed by atoms with Gasteiger partial charge in [-0.25, -0.2) is 4.79 Å². The molecule has 172 valence electrons. The topological polar surface area (TPSA) is 87.7 Å². The Kier molecular flexibility index (Phi) is 7.86. The maximum atomic E-state index is 12.8. The first-order valence-corrected chi connectivity index (χ1v) is 10.9. The normalized spacial score (nSPS) is 14.3. The number of ether oxygens (including phenoxy) is 1. The highest BCUT2D eigenvalue weighted by molar-refractivity contribution is 6.07. The smallest absolute Gasteiger partial charge is 0.338 e. The van der Waals surface area contributed by atoms with Gasteiger partial charge in [0.25, 0.3) is 11.8 Å². The minimum absolute atomic E-state index is 0.324. The average Bonchev–Trinajstić information content (AvgIpc) is 3.66. The lowest BCUT2D eigenvalue weighted by Gasteiger charge is -2.24. The SMILES string of the molecule is CNC(=O)C(C(=O)OC)N(C)C(=O)c1ccc(C#Cc2ccc(C(C)NC3CC3)cc2)cc1. The highest BCUT2D eigenvalue weighted by Gasteiger charge is 2.34. The van der Waals surface area contributed by atoms with Crippen molar-refractivity contribution in [1.29, 1.82) is 0 Å². The molecule has 1 fully saturated rings. The summed E-state index contributed by atoms with van der Waals surface area (Å²) in [5.41, 5.74) is 3.23. The second-order valence-corrected chi connectivity index (χ2v) is 8.07. The molecule has 1 aliphatic rings. The number of carbonyl (C=O) groups excluding carboxylic acids is 3. The Bertz CT molecular complexity index is 1050. The molecule has 1 aliphatic carbocycles. The third kappa shape index (κ3) is 6.21. The highest BCUT2D eigenvalue weighted by atomic mass is 16.5. The molecule has 0 aromatic heterocycles. The number of rotatable bonds is 7. The highest BCUT2D eigenvalue weighted by Crippen LogP contribution is 2.24. The van der Waals surface area contributed by atoms with Crippen LogP contribution in [0.2, 0.25) is 0 Å². The second-order valence-electron chi connectivity index (χ2n) is 8.07. The van der Waals surface area contributed by atoms with Crippen molar-refractivity contribution in [3.63, 3.8) is 0 Å². The lowest BCUT2D eigenvalue weighted by atomic mass is 10.1. The van der Waals surface area contributed by atoms with Crippen molar-refractivity contribution in [3.8, 4) is 11.8 Å². The van der Waals surface area contributed by atoms with Gasteiger partial charge in [-0.05, 0) is 61.7 Å². The largest absolute Gasteiger partial charge is 0.467 e. The number of hydrogen-bond donors (Lipinski definition) is 2. The number of esters is 1. The molecule has 0 radical (unpaired) electrons. The van der Waals surface area contributed by atoms with E-state index < -0.39 is 23.8 Å². The molecule has 7 heteroatoms. The summed E-state index contributed by atoms with van der Waals surface area (Å²) in [6.07, 6.45) is 2.52. The molecule has 2 aromatic rings. The third-order valence-electron chi connectivity index (χ3n) is 5.58. The summed E-state index contributed by atoms with van der Waals surface area (Å²) in [6, 6.07) is 14.5. The van der Waals surface area contributed by atoms with Gasteiger partial charge in [0, 0.05) is 42.9 Å². The minimum atomic E-state index is -1.36. The molecule has 2 aromatic carbocycles. The molecule has 2 amide bonds. The molecule has 2 N–H and O–H groups in total. The van der Waals surface area contributed by atoms with Crippen molar-refractivity contribution in [2.45, 2.75) is 37.9 Å². The second kappa shape index (κ2) is 10.8. The quantitative estimate of drug-likeness (QED) is 0.386. The van der Waals surface area contributed by atoms with Crippen LogP contribution in [0.1, 0.15) is 52.9 Å². The van der Waals surface area contributed by atoms with Crippen LogP contribution in [-0.2, 0) is 14.3 Å². The predicted molar refractivity (Wildman–Crippen MR) is 125 cm³/mol. The van der Waals surface area contributed by atoms with Crippen LogP contribution in [0.15, 0.2) is 48.5 Å². The van der Waals surface area contributed by atoms with Crippen LogP contribution in [-0.4, -0.2) is 56.0 Å². The summed E-state index contributed by atoms with van der Waals surface area (Å²) < 4.78 is 4.66. The van der Waals surface area contributed by atoms with Crippen LogP contribution in [0.5, 0.6) is 0 Å². The summed E-state index contributed by atoms with van der Waals surface area (Å²) in [5, 5.41) is 5.95. The van der Waals surface area contributed by atoms with Crippen LogP contribution in [0.3, 0.4) is 0 Å². The first-order valence-electron chi connectivity index (χ1n) is 10.9. The van der Waals surface area contributed by atoms with Gasteiger partial charge in [-0.15, -0.1) is 0 Å². The van der Waals surface area contributed by atoms with E-state index in [1.807, 2.05) is 12.1 Å². The molecular formula is C26H29N3O4. The first-order chi connectivity index (χ1) is 15.8. The zero-order valence-electron chi connectivity index (χ0n) is 19.3. The van der Waals surface area contributed by atoms with E-state index in [1.165, 1.54) is 39.6 Å². The summed E-state index contributed by atoms with van der Waals surface area (Å²) in [5.74, 6) is 4.33. The van der Waals surface area contributed by atoms with Gasteiger partial charge in [0.15, 0.2) is 0 Å². The number of hydrogen-bond acceptors (Lipinski definition) is 5. The van der Waals surface area contributed by atoms with E-state index in [1.54, 1.807) is 24.3 Å². The zero-order chi connectivity index (χ0) is 24.0. The third-order valence-corrected chi connectivity index (χ3v) is 5.58. The Labute approximate surface area is 194 Å². The van der Waals surface area contributed by atoms with E-state index >= 15 is 0 Å². The van der Waals surface area contributed by atoms with Crippen LogP contribution in [0.4, 0.5) is 0 Å². The Hall–Kier alpha value is -3.63. The monoisotopic (exact) mass is 447 g/mol. The Morgan fingerprint density at radius 1 is 1.00 bits per heavy atom. The predicted octanol–water partition coefficient (Wildman–Crippen LogP) is 2.26. The number of amides is 2. The van der Waals surface area contributed by atoms with Gasteiger partial charge in [0.1, 0.15) is 0 Å². The van der Waals surface area contributed by atoms with Crippen molar-refractivity contribution < 1.29 is 19.1 Å². The van der Waals surface area contributed by atoms with Crippen molar-refractivity contribution in [2.75, 3.05) is 21.2 Å². The van der Waals surface area contributed by atoms with E-state index in [4.69, 9.17) is 0 Å². The van der Waals surface area contributed by atoms with Gasteiger partial charge in [-0.1, -0.05) is 24.0 Å². The van der Waals surface area contributed by atoms with E-state index in [0.29, 0.717) is 17.6 Å². The lowest BCUT2D eigenvalue weighted by Crippen LogP contribution is -2.51. The number of likely N-dealkylation sites (N-methyl/N-ethyl adjacent to an activating group) is 2. The van der Waals surface area contributed by atoms with Gasteiger partial charge < -0.3 is 20.3 Å². The summed E-state index contributed by atoms with van der Waals surface area (Å²) in [6.45, 7) is 2.17. The van der Waals surface area contributed by atoms with E-state index in [2.05, 4.69) is 46.3 Å². The molecular weight excluding hydrogens is 418 g/mol. The summed E-state index contributed by atoms with van der Waals surface area (Å²) in [4.78, 5) is 37.9. The molecule has 3 rings (SSSR count). The Morgan fingerprint density at radius 2 is 1.55 bits per heavy atom. The fourth-order valence-corrected chi connectivity index (χ4v) is 3.41. The molecule has 0 saturated heterocycles. The van der Waals surface area contributed by atoms with Gasteiger partial charge in [0.05, 0.1) is 7.11 Å². The average molecular weight is 448 g/mol. The number of methoxy groups -OCH3 is 1. The Morgan fingerprint density at radius 3 is 2.03 bits per heavy atom. The van der Waals surface area contributed by atoms with Crippen LogP contribution in [0, 0.1) is 11.8 Å². The molecule has 33 heavy (non-hydrogen) atoms. The molecule has 2 unspecified atom stereocenters. The number of nitrogens with one attached hydrogen (secondary N) is 2. The molecule has 2 atom stereocenters.